The average Bonchev–Trinajstić information content (AvgIpc) is 2.64. The predicted molar refractivity (Wildman–Crippen MR) is 97.0 cm³/mol. The van der Waals surface area contributed by atoms with E-state index >= 15 is 0 Å². The number of nitrogens with zero attached hydrogens (tertiary/aromatic N) is 2. The van der Waals surface area contributed by atoms with Crippen molar-refractivity contribution in [2.45, 2.75) is 76.7 Å². The Hall–Kier alpha value is -0.610. The summed E-state index contributed by atoms with van der Waals surface area (Å²) in [4.78, 5) is 17.9. The smallest absolute Gasteiger partial charge is 0.223 e. The quantitative estimate of drug-likeness (QED) is 0.745. The second kappa shape index (κ2) is 9.76. The van der Waals surface area contributed by atoms with Crippen LogP contribution in [0.15, 0.2) is 0 Å². The lowest BCUT2D eigenvalue weighted by atomic mass is 9.86. The van der Waals surface area contributed by atoms with E-state index in [1.54, 1.807) is 0 Å². The molecule has 0 aromatic carbocycles. The SMILES string of the molecule is O=C(CC1CCCCC1)N(CCN1CCCCC1)C1CCOCC1. The van der Waals surface area contributed by atoms with E-state index < -0.39 is 0 Å². The van der Waals surface area contributed by atoms with Crippen molar-refractivity contribution in [2.24, 2.45) is 5.92 Å². The van der Waals surface area contributed by atoms with E-state index in [1.165, 1.54) is 64.5 Å². The lowest BCUT2D eigenvalue weighted by Crippen LogP contribution is -2.48. The van der Waals surface area contributed by atoms with Crippen LogP contribution in [0.3, 0.4) is 0 Å². The van der Waals surface area contributed by atoms with Crippen LogP contribution in [-0.2, 0) is 9.53 Å². The van der Waals surface area contributed by atoms with Gasteiger partial charge in [0.15, 0.2) is 0 Å². The van der Waals surface area contributed by atoms with Crippen LogP contribution < -0.4 is 0 Å². The maximum absolute atomic E-state index is 13.1. The summed E-state index contributed by atoms with van der Waals surface area (Å²) in [6, 6.07) is 0.416. The zero-order chi connectivity index (χ0) is 16.6. The van der Waals surface area contributed by atoms with Gasteiger partial charge in [0, 0.05) is 38.8 Å². The summed E-state index contributed by atoms with van der Waals surface area (Å²) in [5.41, 5.74) is 0. The van der Waals surface area contributed by atoms with Crippen LogP contribution in [0.4, 0.5) is 0 Å². The Morgan fingerprint density at radius 2 is 1.58 bits per heavy atom. The van der Waals surface area contributed by atoms with E-state index in [0.717, 1.165) is 45.6 Å². The van der Waals surface area contributed by atoms with Crippen molar-refractivity contribution in [3.63, 3.8) is 0 Å². The summed E-state index contributed by atoms with van der Waals surface area (Å²) in [6.45, 7) is 6.07. The molecule has 4 heteroatoms. The fourth-order valence-electron chi connectivity index (χ4n) is 4.70. The van der Waals surface area contributed by atoms with E-state index in [4.69, 9.17) is 4.74 Å². The van der Waals surface area contributed by atoms with Crippen molar-refractivity contribution in [1.29, 1.82) is 0 Å². The summed E-state index contributed by atoms with van der Waals surface area (Å²) < 4.78 is 5.53. The van der Waals surface area contributed by atoms with Gasteiger partial charge in [-0.1, -0.05) is 25.7 Å². The lowest BCUT2D eigenvalue weighted by Gasteiger charge is -2.37. The van der Waals surface area contributed by atoms with Crippen molar-refractivity contribution < 1.29 is 9.53 Å². The topological polar surface area (TPSA) is 32.8 Å². The second-order valence-electron chi connectivity index (χ2n) is 8.04. The zero-order valence-corrected chi connectivity index (χ0v) is 15.4. The number of likely N-dealkylation sites (tertiary alicyclic amines) is 1. The van der Waals surface area contributed by atoms with Gasteiger partial charge < -0.3 is 14.5 Å². The molecule has 2 saturated heterocycles. The van der Waals surface area contributed by atoms with Crippen LogP contribution in [0, 0.1) is 5.92 Å². The Balaban J connectivity index is 1.54. The highest BCUT2D eigenvalue weighted by atomic mass is 16.5. The largest absolute Gasteiger partial charge is 0.381 e. The van der Waals surface area contributed by atoms with Crippen LogP contribution in [0.5, 0.6) is 0 Å². The fraction of sp³-hybridized carbons (Fsp3) is 0.950. The third-order valence-electron chi connectivity index (χ3n) is 6.25. The number of hydrogen-bond acceptors (Lipinski definition) is 3. The molecule has 0 atom stereocenters. The first-order valence-corrected chi connectivity index (χ1v) is 10.4. The molecule has 1 saturated carbocycles. The molecule has 0 unspecified atom stereocenters. The summed E-state index contributed by atoms with van der Waals surface area (Å²) in [5, 5.41) is 0. The van der Waals surface area contributed by atoms with Crippen molar-refractivity contribution in [1.82, 2.24) is 9.80 Å². The lowest BCUT2D eigenvalue weighted by molar-refractivity contribution is -0.137. The van der Waals surface area contributed by atoms with Crippen molar-refractivity contribution in [3.8, 4) is 0 Å². The van der Waals surface area contributed by atoms with Crippen molar-refractivity contribution in [2.75, 3.05) is 39.4 Å². The van der Waals surface area contributed by atoms with Gasteiger partial charge in [-0.05, 0) is 57.5 Å². The molecule has 0 spiro atoms. The van der Waals surface area contributed by atoms with Crippen LogP contribution >= 0.6 is 0 Å². The van der Waals surface area contributed by atoms with Gasteiger partial charge in [-0.25, -0.2) is 0 Å². The zero-order valence-electron chi connectivity index (χ0n) is 15.4. The van der Waals surface area contributed by atoms with Gasteiger partial charge in [0.25, 0.3) is 0 Å². The molecule has 3 aliphatic rings. The molecule has 24 heavy (non-hydrogen) atoms. The molecule has 3 rings (SSSR count). The molecule has 3 fully saturated rings. The molecule has 2 aliphatic heterocycles. The fourth-order valence-corrected chi connectivity index (χ4v) is 4.70. The number of rotatable bonds is 6. The number of ether oxygens (including phenoxy) is 1. The van der Waals surface area contributed by atoms with Gasteiger partial charge >= 0.3 is 0 Å². The minimum absolute atomic E-state index is 0.416. The Bertz CT molecular complexity index is 370. The molecule has 1 amide bonds. The Labute approximate surface area is 147 Å². The molecular weight excluding hydrogens is 300 g/mol. The molecule has 138 valence electrons. The number of amides is 1. The molecule has 0 bridgehead atoms. The highest BCUT2D eigenvalue weighted by molar-refractivity contribution is 5.76. The number of carbonyl (C=O) groups excluding carboxylic acids is 1. The molecule has 2 heterocycles. The minimum Gasteiger partial charge on any atom is -0.381 e. The Morgan fingerprint density at radius 1 is 0.917 bits per heavy atom. The maximum Gasteiger partial charge on any atom is 0.223 e. The maximum atomic E-state index is 13.1. The van der Waals surface area contributed by atoms with Crippen LogP contribution in [-0.4, -0.2) is 61.1 Å². The molecule has 4 nitrogen and oxygen atoms in total. The van der Waals surface area contributed by atoms with Gasteiger partial charge in [0.05, 0.1) is 0 Å². The number of piperidine rings is 1. The highest BCUT2D eigenvalue weighted by Crippen LogP contribution is 2.28. The third kappa shape index (κ3) is 5.45. The van der Waals surface area contributed by atoms with Crippen LogP contribution in [0.25, 0.3) is 0 Å². The first kappa shape index (κ1) is 18.2. The average molecular weight is 337 g/mol. The summed E-state index contributed by atoms with van der Waals surface area (Å²) in [5.74, 6) is 1.06. The first-order chi connectivity index (χ1) is 11.8. The first-order valence-electron chi connectivity index (χ1n) is 10.4. The number of carbonyl (C=O) groups is 1. The van der Waals surface area contributed by atoms with Gasteiger partial charge in [0.1, 0.15) is 0 Å². The normalized spacial score (nSPS) is 24.8. The molecule has 0 N–H and O–H groups in total. The Morgan fingerprint density at radius 3 is 2.29 bits per heavy atom. The summed E-state index contributed by atoms with van der Waals surface area (Å²) in [6.07, 6.45) is 13.4. The van der Waals surface area contributed by atoms with E-state index in [0.29, 0.717) is 17.9 Å². The third-order valence-corrected chi connectivity index (χ3v) is 6.25. The van der Waals surface area contributed by atoms with Crippen molar-refractivity contribution >= 4 is 5.91 Å². The molecule has 1 aliphatic carbocycles. The highest BCUT2D eigenvalue weighted by Gasteiger charge is 2.28. The van der Waals surface area contributed by atoms with E-state index in [2.05, 4.69) is 9.80 Å². The minimum atomic E-state index is 0.416. The van der Waals surface area contributed by atoms with Gasteiger partial charge in [-0.15, -0.1) is 0 Å². The van der Waals surface area contributed by atoms with Gasteiger partial charge in [-0.2, -0.15) is 0 Å². The van der Waals surface area contributed by atoms with Gasteiger partial charge in [0.2, 0.25) is 5.91 Å². The van der Waals surface area contributed by atoms with Crippen molar-refractivity contribution in [3.05, 3.63) is 0 Å². The van der Waals surface area contributed by atoms with Gasteiger partial charge in [-0.3, -0.25) is 4.79 Å². The van der Waals surface area contributed by atoms with E-state index in [9.17, 15) is 4.79 Å². The standard InChI is InChI=1S/C20H36N2O2/c23-20(17-18-7-3-1-4-8-18)22(19-9-15-24-16-10-19)14-13-21-11-5-2-6-12-21/h18-19H,1-17H2. The summed E-state index contributed by atoms with van der Waals surface area (Å²) >= 11 is 0. The molecule has 0 radical (unpaired) electrons. The molecular formula is C20H36N2O2. The Kier molecular flexibility index (Phi) is 7.40. The van der Waals surface area contributed by atoms with Crippen LogP contribution in [0.1, 0.15) is 70.6 Å². The second-order valence-corrected chi connectivity index (χ2v) is 8.04. The van der Waals surface area contributed by atoms with E-state index in [1.807, 2.05) is 0 Å². The van der Waals surface area contributed by atoms with E-state index in [-0.39, 0.29) is 0 Å². The molecule has 0 aromatic heterocycles. The molecule has 0 aromatic rings. The monoisotopic (exact) mass is 336 g/mol. The summed E-state index contributed by atoms with van der Waals surface area (Å²) in [7, 11) is 0. The number of hydrogen-bond donors (Lipinski definition) is 0. The predicted octanol–water partition coefficient (Wildman–Crippen LogP) is 3.45. The van der Waals surface area contributed by atoms with Crippen LogP contribution in [0.2, 0.25) is 0 Å².